The summed E-state index contributed by atoms with van der Waals surface area (Å²) < 4.78 is 113. The van der Waals surface area contributed by atoms with Crippen LogP contribution < -0.4 is 4.68 Å². The molecule has 0 fully saturated rings. The first kappa shape index (κ1) is 23.8. The van der Waals surface area contributed by atoms with Crippen LogP contribution in [0.4, 0.5) is 26.3 Å². The van der Waals surface area contributed by atoms with Gasteiger partial charge >= 0.3 is 11.0 Å². The SMILES string of the molecule is C[n+]1ccn(Cc2ccccc2)n1.O=S(=O)([N-]S(=O)(=O)C(F)(F)F)C(F)(F)F. The van der Waals surface area contributed by atoms with Crippen LogP contribution in [0.3, 0.4) is 0 Å². The normalized spacial score (nSPS) is 13.0. The van der Waals surface area contributed by atoms with Crippen molar-refractivity contribution >= 4 is 20.0 Å². The Morgan fingerprint density at radius 2 is 1.43 bits per heavy atom. The van der Waals surface area contributed by atoms with Crippen molar-refractivity contribution in [2.24, 2.45) is 7.05 Å². The molecule has 0 atom stereocenters. The van der Waals surface area contributed by atoms with Crippen LogP contribution in [0.5, 0.6) is 0 Å². The summed E-state index contributed by atoms with van der Waals surface area (Å²) in [4.78, 5) is 0. The highest BCUT2D eigenvalue weighted by Crippen LogP contribution is 2.36. The van der Waals surface area contributed by atoms with Crippen molar-refractivity contribution in [2.75, 3.05) is 0 Å². The lowest BCUT2D eigenvalue weighted by atomic mass is 10.2. The van der Waals surface area contributed by atoms with E-state index in [-0.39, 0.29) is 0 Å². The smallest absolute Gasteiger partial charge is 0.421 e. The number of benzene rings is 1. The summed E-state index contributed by atoms with van der Waals surface area (Å²) in [5.41, 5.74) is -11.1. The van der Waals surface area contributed by atoms with E-state index in [4.69, 9.17) is 0 Å². The molecular formula is C12H12F6N4O4S2. The third-order valence-electron chi connectivity index (χ3n) is 2.68. The number of aromatic nitrogens is 3. The Labute approximate surface area is 155 Å². The van der Waals surface area contributed by atoms with Crippen molar-refractivity contribution in [1.29, 1.82) is 0 Å². The minimum atomic E-state index is -6.72. The zero-order valence-corrected chi connectivity index (χ0v) is 15.4. The highest BCUT2D eigenvalue weighted by Gasteiger charge is 2.46. The molecule has 0 saturated heterocycles. The molecule has 0 aliphatic rings. The highest BCUT2D eigenvalue weighted by atomic mass is 32.3. The van der Waals surface area contributed by atoms with Crippen molar-refractivity contribution in [2.45, 2.75) is 17.6 Å². The van der Waals surface area contributed by atoms with Crippen LogP contribution in [0.25, 0.3) is 4.13 Å². The van der Waals surface area contributed by atoms with Crippen LogP contribution in [-0.2, 0) is 33.6 Å². The fraction of sp³-hybridized carbons (Fsp3) is 0.333. The molecule has 158 valence electrons. The number of sulfonamides is 2. The quantitative estimate of drug-likeness (QED) is 0.518. The Morgan fingerprint density at radius 3 is 1.79 bits per heavy atom. The minimum Gasteiger partial charge on any atom is -0.421 e. The lowest BCUT2D eigenvalue weighted by Gasteiger charge is -2.22. The molecule has 0 N–H and O–H groups in total. The van der Waals surface area contributed by atoms with E-state index >= 15 is 0 Å². The van der Waals surface area contributed by atoms with Gasteiger partial charge in [-0.2, -0.15) is 26.3 Å². The van der Waals surface area contributed by atoms with E-state index < -0.39 is 31.1 Å². The van der Waals surface area contributed by atoms with Gasteiger partial charge in [0.25, 0.3) is 0 Å². The lowest BCUT2D eigenvalue weighted by Crippen LogP contribution is -2.30. The van der Waals surface area contributed by atoms with Gasteiger partial charge in [-0.3, -0.25) is 0 Å². The number of hydrogen-bond donors (Lipinski definition) is 0. The van der Waals surface area contributed by atoms with Gasteiger partial charge < -0.3 is 4.13 Å². The molecule has 2 aromatic rings. The number of alkyl halides is 6. The molecule has 1 aromatic heterocycles. The molecule has 16 heteroatoms. The molecular weight excluding hydrogens is 442 g/mol. The monoisotopic (exact) mass is 454 g/mol. The number of nitrogens with zero attached hydrogens (tertiary/aromatic N) is 4. The van der Waals surface area contributed by atoms with Crippen LogP contribution >= 0.6 is 0 Å². The Balaban J connectivity index is 0.000000281. The van der Waals surface area contributed by atoms with E-state index in [1.807, 2.05) is 42.3 Å². The molecule has 0 aliphatic heterocycles. The molecule has 0 radical (unpaired) electrons. The summed E-state index contributed by atoms with van der Waals surface area (Å²) in [6.45, 7) is 0.835. The zero-order valence-electron chi connectivity index (χ0n) is 13.8. The Bertz CT molecular complexity index is 943. The minimum absolute atomic E-state index is 0.778. The summed E-state index contributed by atoms with van der Waals surface area (Å²) in [5.74, 6) is 0. The number of rotatable bonds is 4. The third kappa shape index (κ3) is 6.75. The average molecular weight is 454 g/mol. The van der Waals surface area contributed by atoms with E-state index in [9.17, 15) is 43.2 Å². The van der Waals surface area contributed by atoms with Crippen molar-refractivity contribution in [3.63, 3.8) is 0 Å². The summed E-state index contributed by atoms with van der Waals surface area (Å²) >= 11 is 0. The Hall–Kier alpha value is -2.20. The number of hydrogen-bond acceptors (Lipinski definition) is 5. The Kier molecular flexibility index (Phi) is 7.18. The van der Waals surface area contributed by atoms with Crippen LogP contribution in [0.1, 0.15) is 5.56 Å². The maximum Gasteiger partial charge on any atom is 0.480 e. The van der Waals surface area contributed by atoms with Crippen LogP contribution in [-0.4, -0.2) is 37.7 Å². The first-order chi connectivity index (χ1) is 12.6. The van der Waals surface area contributed by atoms with Gasteiger partial charge in [-0.05, 0) is 5.56 Å². The molecule has 0 spiro atoms. The van der Waals surface area contributed by atoms with Gasteiger partial charge in [-0.25, -0.2) is 16.8 Å². The second kappa shape index (κ2) is 8.44. The molecule has 0 bridgehead atoms. The van der Waals surface area contributed by atoms with Gasteiger partial charge in [0.15, 0.2) is 32.4 Å². The zero-order chi connectivity index (χ0) is 21.8. The fourth-order valence-electron chi connectivity index (χ4n) is 1.48. The largest absolute Gasteiger partial charge is 0.480 e. The van der Waals surface area contributed by atoms with Crippen molar-refractivity contribution in [3.05, 3.63) is 52.4 Å². The third-order valence-corrected chi connectivity index (χ3v) is 5.42. The van der Waals surface area contributed by atoms with E-state index in [0.29, 0.717) is 0 Å². The van der Waals surface area contributed by atoms with Gasteiger partial charge in [-0.15, -0.1) is 9.36 Å². The van der Waals surface area contributed by atoms with Gasteiger partial charge in [0.05, 0.1) is 5.21 Å². The highest BCUT2D eigenvalue weighted by molar-refractivity contribution is 8.13. The topological polar surface area (TPSA) is 104 Å². The second-order valence-corrected chi connectivity index (χ2v) is 8.38. The van der Waals surface area contributed by atoms with E-state index in [2.05, 4.69) is 17.3 Å². The fourth-order valence-corrected chi connectivity index (χ4v) is 3.19. The molecule has 2 rings (SSSR count). The van der Waals surface area contributed by atoms with Crippen molar-refractivity contribution in [3.8, 4) is 0 Å². The first-order valence-corrected chi connectivity index (χ1v) is 9.73. The van der Waals surface area contributed by atoms with Gasteiger partial charge in [0, 0.05) is 0 Å². The molecule has 1 aromatic carbocycles. The van der Waals surface area contributed by atoms with Gasteiger partial charge in [0.1, 0.15) is 13.6 Å². The number of halogens is 6. The predicted octanol–water partition coefficient (Wildman–Crippen LogP) is 1.82. The molecule has 0 amide bonds. The molecule has 28 heavy (non-hydrogen) atoms. The molecule has 0 unspecified atom stereocenters. The molecule has 8 nitrogen and oxygen atoms in total. The Morgan fingerprint density at radius 1 is 0.964 bits per heavy atom. The summed E-state index contributed by atoms with van der Waals surface area (Å²) in [6.07, 6.45) is 3.90. The van der Waals surface area contributed by atoms with Crippen LogP contribution in [0.15, 0.2) is 42.7 Å². The second-order valence-electron chi connectivity index (χ2n) is 4.96. The van der Waals surface area contributed by atoms with Crippen LogP contribution in [0, 0.1) is 0 Å². The van der Waals surface area contributed by atoms with Gasteiger partial charge in [0.2, 0.25) is 0 Å². The summed E-state index contributed by atoms with van der Waals surface area (Å²) in [7, 11) is -11.5. The van der Waals surface area contributed by atoms with E-state index in [1.165, 1.54) is 5.56 Å². The van der Waals surface area contributed by atoms with Crippen molar-refractivity contribution in [1.82, 2.24) is 9.90 Å². The predicted molar refractivity (Wildman–Crippen MR) is 82.3 cm³/mol. The maximum atomic E-state index is 11.4. The van der Waals surface area contributed by atoms with Gasteiger partial charge in [-0.1, -0.05) is 30.3 Å². The standard InChI is InChI=1S/C10H12N3.C2F6NO4S2/c1-12-7-8-13(11-12)9-10-5-3-2-4-6-10;3-1(4,5)14(10,11)9-15(12,13)2(6,7)8/h2-8H,9H2,1H3;/q+1;-1. The van der Waals surface area contributed by atoms with E-state index in [0.717, 1.165) is 10.7 Å². The maximum absolute atomic E-state index is 11.4. The summed E-state index contributed by atoms with van der Waals surface area (Å²) in [5, 5.41) is 4.24. The summed E-state index contributed by atoms with van der Waals surface area (Å²) in [6, 6.07) is 10.3. The van der Waals surface area contributed by atoms with Crippen molar-refractivity contribution < 1.29 is 47.9 Å². The van der Waals surface area contributed by atoms with Crippen LogP contribution in [0.2, 0.25) is 0 Å². The van der Waals surface area contributed by atoms with E-state index in [1.54, 1.807) is 4.68 Å². The lowest BCUT2D eigenvalue weighted by molar-refractivity contribution is -0.732. The first-order valence-electron chi connectivity index (χ1n) is 6.85. The number of aryl methyl sites for hydroxylation is 1. The molecule has 0 saturated carbocycles. The average Bonchev–Trinajstić information content (AvgIpc) is 2.91. The molecule has 0 aliphatic carbocycles. The molecule has 1 heterocycles.